The molecule has 116 valence electrons. The van der Waals surface area contributed by atoms with Gasteiger partial charge in [-0.3, -0.25) is 9.59 Å². The van der Waals surface area contributed by atoms with Gasteiger partial charge in [0.25, 0.3) is 0 Å². The number of carboxylic acid groups (broad SMARTS) is 1. The van der Waals surface area contributed by atoms with E-state index in [4.69, 9.17) is 9.26 Å². The molecule has 2 atom stereocenters. The summed E-state index contributed by atoms with van der Waals surface area (Å²) in [4.78, 5) is 23.5. The van der Waals surface area contributed by atoms with Crippen LogP contribution in [0.25, 0.3) is 0 Å². The van der Waals surface area contributed by atoms with Gasteiger partial charge >= 0.3 is 11.9 Å². The first-order valence-electron chi connectivity index (χ1n) is 6.80. The lowest BCUT2D eigenvalue weighted by Gasteiger charge is -2.23. The van der Waals surface area contributed by atoms with Crippen molar-refractivity contribution in [3.63, 3.8) is 0 Å². The summed E-state index contributed by atoms with van der Waals surface area (Å²) in [5, 5.41) is 13.4. The Morgan fingerprint density at radius 1 is 1.32 bits per heavy atom. The lowest BCUT2D eigenvalue weighted by molar-refractivity contribution is -0.142. The first-order chi connectivity index (χ1) is 10.5. The molecule has 0 aliphatic carbocycles. The van der Waals surface area contributed by atoms with Crippen LogP contribution >= 0.6 is 0 Å². The average molecular weight is 303 g/mol. The summed E-state index contributed by atoms with van der Waals surface area (Å²) in [7, 11) is 1.28. The molecule has 1 N–H and O–H groups in total. The van der Waals surface area contributed by atoms with E-state index in [0.717, 1.165) is 0 Å². The summed E-state index contributed by atoms with van der Waals surface area (Å²) in [6.07, 6.45) is 1.40. The predicted octanol–water partition coefficient (Wildman–Crippen LogP) is 2.50. The highest BCUT2D eigenvalue weighted by molar-refractivity contribution is 5.80. The second-order valence-electron chi connectivity index (χ2n) is 4.95. The summed E-state index contributed by atoms with van der Waals surface area (Å²) in [5.41, 5.74) is 1.21. The van der Waals surface area contributed by atoms with Crippen molar-refractivity contribution in [3.8, 4) is 0 Å². The summed E-state index contributed by atoms with van der Waals surface area (Å²) in [5.74, 6) is -2.50. The molecule has 0 bridgehead atoms. The number of esters is 1. The number of aliphatic carboxylic acids is 1. The molecule has 6 nitrogen and oxygen atoms in total. The van der Waals surface area contributed by atoms with Gasteiger partial charge in [0.1, 0.15) is 5.76 Å². The Morgan fingerprint density at radius 3 is 2.50 bits per heavy atom. The Morgan fingerprint density at radius 2 is 2.00 bits per heavy atom. The van der Waals surface area contributed by atoms with E-state index in [2.05, 4.69) is 5.16 Å². The number of ether oxygens (including phenoxy) is 1. The third-order valence-corrected chi connectivity index (χ3v) is 3.63. The normalized spacial score (nSPS) is 13.4. The van der Waals surface area contributed by atoms with Crippen molar-refractivity contribution in [1.29, 1.82) is 0 Å². The molecule has 1 heterocycles. The molecule has 2 rings (SSSR count). The Labute approximate surface area is 127 Å². The fraction of sp³-hybridized carbons (Fsp3) is 0.312. The van der Waals surface area contributed by atoms with Crippen molar-refractivity contribution in [2.45, 2.75) is 25.2 Å². The molecule has 6 heteroatoms. The Balaban J connectivity index is 2.47. The first kappa shape index (κ1) is 15.8. The molecule has 1 aromatic carbocycles. The molecule has 2 aromatic rings. The van der Waals surface area contributed by atoms with Crippen LogP contribution in [-0.4, -0.2) is 29.3 Å². The molecule has 22 heavy (non-hydrogen) atoms. The monoisotopic (exact) mass is 303 g/mol. The molecule has 0 saturated heterocycles. The highest BCUT2D eigenvalue weighted by Crippen LogP contribution is 2.37. The van der Waals surface area contributed by atoms with Gasteiger partial charge in [0.15, 0.2) is 0 Å². The van der Waals surface area contributed by atoms with Crippen LogP contribution in [0.4, 0.5) is 0 Å². The average Bonchev–Trinajstić information content (AvgIpc) is 2.93. The highest BCUT2D eigenvalue weighted by atomic mass is 16.5. The zero-order chi connectivity index (χ0) is 16.1. The molecular weight excluding hydrogens is 286 g/mol. The maximum absolute atomic E-state index is 11.8. The van der Waals surface area contributed by atoms with Crippen LogP contribution in [0.2, 0.25) is 0 Å². The lowest BCUT2D eigenvalue weighted by Crippen LogP contribution is -2.23. The van der Waals surface area contributed by atoms with Crippen LogP contribution in [0.1, 0.15) is 35.1 Å². The molecular formula is C16H17NO5. The van der Waals surface area contributed by atoms with Crippen LogP contribution in [0.15, 0.2) is 41.1 Å². The van der Waals surface area contributed by atoms with Crippen LogP contribution < -0.4 is 0 Å². The molecule has 0 saturated carbocycles. The third-order valence-electron chi connectivity index (χ3n) is 3.63. The second kappa shape index (κ2) is 6.89. The van der Waals surface area contributed by atoms with E-state index in [1.54, 1.807) is 31.2 Å². The van der Waals surface area contributed by atoms with E-state index in [0.29, 0.717) is 16.9 Å². The van der Waals surface area contributed by atoms with Crippen molar-refractivity contribution in [1.82, 2.24) is 5.16 Å². The minimum atomic E-state index is -1.01. The molecule has 0 spiro atoms. The number of methoxy groups -OCH3 is 1. The number of nitrogens with zero attached hydrogens (tertiary/aromatic N) is 1. The number of aryl methyl sites for hydroxylation is 1. The van der Waals surface area contributed by atoms with Crippen molar-refractivity contribution in [2.24, 2.45) is 0 Å². The predicted molar refractivity (Wildman–Crippen MR) is 77.4 cm³/mol. The molecule has 0 aliphatic rings. The van der Waals surface area contributed by atoms with Gasteiger partial charge in [0.2, 0.25) is 0 Å². The number of benzene rings is 1. The van der Waals surface area contributed by atoms with Crippen molar-refractivity contribution in [3.05, 3.63) is 53.4 Å². The van der Waals surface area contributed by atoms with Crippen LogP contribution in [0.3, 0.4) is 0 Å². The number of carbonyl (C=O) groups is 2. The first-order valence-corrected chi connectivity index (χ1v) is 6.80. The summed E-state index contributed by atoms with van der Waals surface area (Å²) >= 11 is 0. The topological polar surface area (TPSA) is 89.6 Å². The molecule has 0 unspecified atom stereocenters. The van der Waals surface area contributed by atoms with Gasteiger partial charge < -0.3 is 14.4 Å². The number of carbonyl (C=O) groups excluding carboxylic acids is 1. The standard InChI is InChI=1S/C16H17NO5/c1-10-13(9-17-22-10)12(8-14(18)21-2)15(16(19)20)11-6-4-3-5-7-11/h3-7,9,12,15H,8H2,1-2H3,(H,19,20)/t12-,15+/m0/s1. The molecule has 0 aliphatic heterocycles. The van der Waals surface area contributed by atoms with Gasteiger partial charge in [0, 0.05) is 11.5 Å². The van der Waals surface area contributed by atoms with E-state index < -0.39 is 23.8 Å². The third kappa shape index (κ3) is 3.33. The van der Waals surface area contributed by atoms with E-state index in [1.807, 2.05) is 6.07 Å². The van der Waals surface area contributed by atoms with Gasteiger partial charge in [-0.15, -0.1) is 0 Å². The lowest BCUT2D eigenvalue weighted by atomic mass is 9.79. The fourth-order valence-electron chi connectivity index (χ4n) is 2.54. The minimum absolute atomic E-state index is 0.0651. The molecule has 0 fully saturated rings. The smallest absolute Gasteiger partial charge is 0.311 e. The number of hydrogen-bond acceptors (Lipinski definition) is 5. The maximum atomic E-state index is 11.8. The fourth-order valence-corrected chi connectivity index (χ4v) is 2.54. The number of rotatable bonds is 6. The van der Waals surface area contributed by atoms with Crippen LogP contribution in [0, 0.1) is 6.92 Å². The zero-order valence-electron chi connectivity index (χ0n) is 12.4. The summed E-state index contributed by atoms with van der Waals surface area (Å²) < 4.78 is 9.73. The van der Waals surface area contributed by atoms with Gasteiger partial charge in [-0.05, 0) is 12.5 Å². The largest absolute Gasteiger partial charge is 0.481 e. The number of carboxylic acids is 1. The van der Waals surface area contributed by atoms with Gasteiger partial charge in [0.05, 0.1) is 25.6 Å². The molecule has 0 amide bonds. The summed E-state index contributed by atoms with van der Waals surface area (Å²) in [6, 6.07) is 8.79. The van der Waals surface area contributed by atoms with Crippen molar-refractivity contribution in [2.75, 3.05) is 7.11 Å². The maximum Gasteiger partial charge on any atom is 0.311 e. The quantitative estimate of drug-likeness (QED) is 0.825. The number of aromatic nitrogens is 1. The van der Waals surface area contributed by atoms with Gasteiger partial charge in [-0.1, -0.05) is 35.5 Å². The van der Waals surface area contributed by atoms with Gasteiger partial charge in [-0.2, -0.15) is 0 Å². The number of hydrogen-bond donors (Lipinski definition) is 1. The molecule has 0 radical (unpaired) electrons. The van der Waals surface area contributed by atoms with Crippen molar-refractivity contribution >= 4 is 11.9 Å². The Hall–Kier alpha value is -2.63. The SMILES string of the molecule is COC(=O)C[C@@H](c1cnoc1C)[C@H](C(=O)O)c1ccccc1. The van der Waals surface area contributed by atoms with Crippen molar-refractivity contribution < 1.29 is 24.0 Å². The van der Waals surface area contributed by atoms with Crippen LogP contribution in [-0.2, 0) is 14.3 Å². The van der Waals surface area contributed by atoms with E-state index in [-0.39, 0.29) is 6.42 Å². The Bertz CT molecular complexity index is 650. The highest BCUT2D eigenvalue weighted by Gasteiger charge is 2.35. The van der Waals surface area contributed by atoms with E-state index >= 15 is 0 Å². The molecule has 1 aromatic heterocycles. The van der Waals surface area contributed by atoms with Crippen LogP contribution in [0.5, 0.6) is 0 Å². The Kier molecular flexibility index (Phi) is 4.93. The zero-order valence-corrected chi connectivity index (χ0v) is 12.4. The minimum Gasteiger partial charge on any atom is -0.481 e. The second-order valence-corrected chi connectivity index (χ2v) is 4.95. The van der Waals surface area contributed by atoms with E-state index in [9.17, 15) is 14.7 Å². The van der Waals surface area contributed by atoms with Gasteiger partial charge in [-0.25, -0.2) is 0 Å². The summed E-state index contributed by atoms with van der Waals surface area (Å²) in [6.45, 7) is 1.69. The van der Waals surface area contributed by atoms with E-state index in [1.165, 1.54) is 13.3 Å².